The van der Waals surface area contributed by atoms with Crippen molar-refractivity contribution in [2.24, 2.45) is 0 Å². The molecule has 10 aromatic rings. The molecule has 4 nitrogen and oxygen atoms in total. The number of rotatable bonds is 5. The first kappa shape index (κ1) is 29.0. The zero-order chi connectivity index (χ0) is 33.7. The monoisotopic (exact) mass is 651 g/mol. The van der Waals surface area contributed by atoms with Gasteiger partial charge in [-0.3, -0.25) is 0 Å². The topological polar surface area (TPSA) is 51.8 Å². The molecule has 0 aliphatic heterocycles. The molecule has 0 saturated heterocycles. The predicted molar refractivity (Wildman–Crippen MR) is 209 cm³/mol. The van der Waals surface area contributed by atoms with Gasteiger partial charge in [0.1, 0.15) is 11.2 Å². The molecular weight excluding hydrogens is 623 g/mol. The number of fused-ring (bicyclic) bond motifs is 5. The number of nitrogens with zero attached hydrogens (tertiary/aromatic N) is 3. The molecule has 0 spiro atoms. The summed E-state index contributed by atoms with van der Waals surface area (Å²) in [4.78, 5) is 15.3. The molecule has 0 N–H and O–H groups in total. The lowest BCUT2D eigenvalue weighted by atomic mass is 9.97. The van der Waals surface area contributed by atoms with Crippen LogP contribution in [0.5, 0.6) is 0 Å². The van der Waals surface area contributed by atoms with E-state index >= 15 is 0 Å². The highest BCUT2D eigenvalue weighted by Gasteiger charge is 2.21. The Morgan fingerprint density at radius 3 is 1.55 bits per heavy atom. The van der Waals surface area contributed by atoms with Crippen LogP contribution < -0.4 is 0 Å². The molecule has 0 fully saturated rings. The molecule has 4 heteroatoms. The molecule has 2 heterocycles. The molecule has 0 bridgehead atoms. The van der Waals surface area contributed by atoms with Gasteiger partial charge in [-0.25, -0.2) is 15.0 Å². The Morgan fingerprint density at radius 1 is 0.333 bits per heavy atom. The van der Waals surface area contributed by atoms with Crippen molar-refractivity contribution >= 4 is 43.5 Å². The molecule has 0 atom stereocenters. The van der Waals surface area contributed by atoms with Gasteiger partial charge in [-0.15, -0.1) is 0 Å². The number of benzene rings is 8. The van der Waals surface area contributed by atoms with Gasteiger partial charge in [-0.1, -0.05) is 146 Å². The first-order valence-electron chi connectivity index (χ1n) is 17.1. The van der Waals surface area contributed by atoms with Crippen LogP contribution in [-0.2, 0) is 0 Å². The second-order valence-electron chi connectivity index (χ2n) is 12.8. The minimum atomic E-state index is 0.595. The van der Waals surface area contributed by atoms with E-state index in [9.17, 15) is 0 Å². The third kappa shape index (κ3) is 5.13. The Hall–Kier alpha value is -6.91. The highest BCUT2D eigenvalue weighted by Crippen LogP contribution is 2.42. The van der Waals surface area contributed by atoms with E-state index < -0.39 is 0 Å². The zero-order valence-electron chi connectivity index (χ0n) is 27.5. The van der Waals surface area contributed by atoms with Crippen molar-refractivity contribution in [3.63, 3.8) is 0 Å². The Bertz CT molecular complexity index is 2900. The van der Waals surface area contributed by atoms with E-state index in [1.807, 2.05) is 36.4 Å². The smallest absolute Gasteiger partial charge is 0.164 e. The molecule has 0 aliphatic rings. The van der Waals surface area contributed by atoms with Gasteiger partial charge >= 0.3 is 0 Å². The quantitative estimate of drug-likeness (QED) is 0.186. The number of hydrogen-bond donors (Lipinski definition) is 0. The maximum atomic E-state index is 6.75. The molecule has 238 valence electrons. The average Bonchev–Trinajstić information content (AvgIpc) is 3.58. The van der Waals surface area contributed by atoms with Crippen LogP contribution in [0.1, 0.15) is 0 Å². The van der Waals surface area contributed by atoms with Crippen LogP contribution in [-0.4, -0.2) is 15.0 Å². The second kappa shape index (κ2) is 11.9. The van der Waals surface area contributed by atoms with Crippen LogP contribution in [0.3, 0.4) is 0 Å². The van der Waals surface area contributed by atoms with E-state index in [2.05, 4.69) is 140 Å². The normalized spacial score (nSPS) is 11.5. The van der Waals surface area contributed by atoms with Crippen LogP contribution in [0, 0.1) is 0 Å². The number of furan rings is 1. The molecule has 0 aliphatic carbocycles. The van der Waals surface area contributed by atoms with E-state index in [1.165, 1.54) is 16.3 Å². The van der Waals surface area contributed by atoms with Crippen molar-refractivity contribution in [2.75, 3.05) is 0 Å². The van der Waals surface area contributed by atoms with E-state index in [4.69, 9.17) is 19.4 Å². The lowest BCUT2D eigenvalue weighted by Crippen LogP contribution is -2.00. The summed E-state index contributed by atoms with van der Waals surface area (Å²) in [6.07, 6.45) is 0. The van der Waals surface area contributed by atoms with Gasteiger partial charge in [-0.2, -0.15) is 0 Å². The summed E-state index contributed by atoms with van der Waals surface area (Å²) in [6, 6.07) is 61.0. The SMILES string of the molecule is c1ccc(-c2nc(-c3ccc(-c4ccc5ccccc5c4)cc3)nc(-c3ccc(-c4ccccc4)c4oc5cc6ccccc6cc5c34)n2)cc1. The maximum Gasteiger partial charge on any atom is 0.164 e. The highest BCUT2D eigenvalue weighted by atomic mass is 16.3. The van der Waals surface area contributed by atoms with Crippen molar-refractivity contribution in [3.8, 4) is 56.4 Å². The average molecular weight is 652 g/mol. The Kier molecular flexibility index (Phi) is 6.78. The summed E-state index contributed by atoms with van der Waals surface area (Å²) in [5.41, 5.74) is 8.80. The fourth-order valence-electron chi connectivity index (χ4n) is 7.12. The summed E-state index contributed by atoms with van der Waals surface area (Å²) < 4.78 is 6.75. The molecule has 10 rings (SSSR count). The minimum absolute atomic E-state index is 0.595. The highest BCUT2D eigenvalue weighted by molar-refractivity contribution is 6.18. The summed E-state index contributed by atoms with van der Waals surface area (Å²) in [5, 5.41) is 6.75. The molecule has 0 radical (unpaired) electrons. The Labute approximate surface area is 294 Å². The van der Waals surface area contributed by atoms with E-state index in [0.29, 0.717) is 17.5 Å². The van der Waals surface area contributed by atoms with Gasteiger partial charge in [0.15, 0.2) is 17.5 Å². The van der Waals surface area contributed by atoms with Crippen molar-refractivity contribution in [2.45, 2.75) is 0 Å². The summed E-state index contributed by atoms with van der Waals surface area (Å²) in [5.74, 6) is 1.83. The molecular formula is C47H29N3O. The third-order valence-electron chi connectivity index (χ3n) is 9.71. The van der Waals surface area contributed by atoms with Crippen LogP contribution >= 0.6 is 0 Å². The van der Waals surface area contributed by atoms with Crippen LogP contribution in [0.2, 0.25) is 0 Å². The van der Waals surface area contributed by atoms with Gasteiger partial charge in [0.25, 0.3) is 0 Å². The van der Waals surface area contributed by atoms with Crippen LogP contribution in [0.15, 0.2) is 180 Å². The fraction of sp³-hybridized carbons (Fsp3) is 0. The molecule has 2 aromatic heterocycles. The summed E-state index contributed by atoms with van der Waals surface area (Å²) in [6.45, 7) is 0. The molecule has 8 aromatic carbocycles. The molecule has 0 amide bonds. The van der Waals surface area contributed by atoms with Crippen LogP contribution in [0.25, 0.3) is 99.9 Å². The van der Waals surface area contributed by atoms with Crippen molar-refractivity contribution in [1.82, 2.24) is 15.0 Å². The lowest BCUT2D eigenvalue weighted by Gasteiger charge is -2.11. The molecule has 0 saturated carbocycles. The summed E-state index contributed by atoms with van der Waals surface area (Å²) in [7, 11) is 0. The number of aromatic nitrogens is 3. The van der Waals surface area contributed by atoms with Gasteiger partial charge in [0, 0.05) is 33.0 Å². The third-order valence-corrected chi connectivity index (χ3v) is 9.71. The van der Waals surface area contributed by atoms with Crippen molar-refractivity contribution in [3.05, 3.63) is 176 Å². The minimum Gasteiger partial charge on any atom is -0.455 e. The Balaban J connectivity index is 1.18. The van der Waals surface area contributed by atoms with E-state index in [1.54, 1.807) is 0 Å². The van der Waals surface area contributed by atoms with E-state index in [-0.39, 0.29) is 0 Å². The van der Waals surface area contributed by atoms with Crippen LogP contribution in [0.4, 0.5) is 0 Å². The predicted octanol–water partition coefficient (Wildman–Crippen LogP) is 12.4. The van der Waals surface area contributed by atoms with Crippen molar-refractivity contribution < 1.29 is 4.42 Å². The van der Waals surface area contributed by atoms with Gasteiger partial charge in [-0.05, 0) is 68.6 Å². The maximum absolute atomic E-state index is 6.75. The van der Waals surface area contributed by atoms with E-state index in [0.717, 1.165) is 66.1 Å². The number of hydrogen-bond acceptors (Lipinski definition) is 4. The zero-order valence-corrected chi connectivity index (χ0v) is 27.5. The summed E-state index contributed by atoms with van der Waals surface area (Å²) >= 11 is 0. The largest absolute Gasteiger partial charge is 0.455 e. The van der Waals surface area contributed by atoms with Crippen molar-refractivity contribution in [1.29, 1.82) is 0 Å². The fourth-order valence-corrected chi connectivity index (χ4v) is 7.12. The Morgan fingerprint density at radius 2 is 0.843 bits per heavy atom. The standard InChI is InChI=1S/C47H29N3O/c1-3-12-32(13-4-1)39-25-26-40(43-41-28-36-17-9-10-18-37(36)29-42(41)51-44(39)43)47-49-45(33-14-5-2-6-15-33)48-46(50-47)34-22-19-31(20-23-34)38-24-21-30-11-7-8-16-35(30)27-38/h1-29H. The van der Waals surface area contributed by atoms with Gasteiger partial charge in [0.05, 0.1) is 0 Å². The van der Waals surface area contributed by atoms with Gasteiger partial charge < -0.3 is 4.42 Å². The van der Waals surface area contributed by atoms with Gasteiger partial charge in [0.2, 0.25) is 0 Å². The first-order chi connectivity index (χ1) is 25.2. The lowest BCUT2D eigenvalue weighted by molar-refractivity contribution is 0.670. The molecule has 0 unspecified atom stereocenters. The molecule has 51 heavy (non-hydrogen) atoms. The second-order valence-corrected chi connectivity index (χ2v) is 12.8. The first-order valence-corrected chi connectivity index (χ1v) is 17.1.